The Hall–Kier alpha value is -3.19. The average molecular weight is 385 g/mol. The maximum Gasteiger partial charge on any atom is 0.275 e. The molecular formula is C19H15ClN3O4-. The number of carbonyl (C=O) groups excluding carboxylic acids is 2. The number of carbonyl (C=O) groups is 2. The molecule has 0 saturated carbocycles. The third kappa shape index (κ3) is 3.98. The van der Waals surface area contributed by atoms with Crippen molar-refractivity contribution in [2.24, 2.45) is 0 Å². The van der Waals surface area contributed by atoms with E-state index in [-0.39, 0.29) is 22.5 Å². The first-order valence-electron chi connectivity index (χ1n) is 8.13. The Balaban J connectivity index is 1.86. The Morgan fingerprint density at radius 3 is 2.41 bits per heavy atom. The molecule has 1 N–H and O–H groups in total. The molecule has 0 aliphatic carbocycles. The average Bonchev–Trinajstić information content (AvgIpc) is 2.64. The molecule has 1 aromatic heterocycles. The smallest absolute Gasteiger partial charge is 0.275 e. The van der Waals surface area contributed by atoms with Crippen LogP contribution in [0.1, 0.15) is 29.0 Å². The maximum atomic E-state index is 12.5. The predicted molar refractivity (Wildman–Crippen MR) is 98.3 cm³/mol. The molecular weight excluding hydrogens is 370 g/mol. The van der Waals surface area contributed by atoms with Gasteiger partial charge in [0.2, 0.25) is 5.91 Å². The minimum absolute atomic E-state index is 0.158. The molecule has 2 aromatic carbocycles. The summed E-state index contributed by atoms with van der Waals surface area (Å²) in [7, 11) is 0. The minimum Gasteiger partial charge on any atom is -0.543 e. The van der Waals surface area contributed by atoms with Crippen molar-refractivity contribution < 1.29 is 14.7 Å². The molecule has 0 radical (unpaired) electrons. The number of hydrogen-bond donors (Lipinski definition) is 1. The number of hydrogen-bond acceptors (Lipinski definition) is 5. The van der Waals surface area contributed by atoms with Crippen LogP contribution < -0.4 is 16.0 Å². The van der Waals surface area contributed by atoms with Gasteiger partial charge in [-0.1, -0.05) is 41.9 Å². The van der Waals surface area contributed by atoms with Crippen molar-refractivity contribution >= 4 is 34.2 Å². The van der Waals surface area contributed by atoms with E-state index in [1.54, 1.807) is 43.3 Å². The van der Waals surface area contributed by atoms with Gasteiger partial charge in [-0.15, -0.1) is 0 Å². The van der Waals surface area contributed by atoms with Gasteiger partial charge in [0.15, 0.2) is 0 Å². The van der Waals surface area contributed by atoms with E-state index in [4.69, 9.17) is 11.6 Å². The van der Waals surface area contributed by atoms with Gasteiger partial charge in [-0.05, 0) is 30.7 Å². The van der Waals surface area contributed by atoms with Gasteiger partial charge in [-0.2, -0.15) is 5.10 Å². The summed E-state index contributed by atoms with van der Waals surface area (Å²) in [6.45, 7) is 1.37. The van der Waals surface area contributed by atoms with Gasteiger partial charge in [0.1, 0.15) is 12.2 Å². The first kappa shape index (κ1) is 18.6. The summed E-state index contributed by atoms with van der Waals surface area (Å²) in [6, 6.07) is 12.8. The number of aromatic nitrogens is 2. The van der Waals surface area contributed by atoms with Crippen LogP contribution in [0.2, 0.25) is 5.02 Å². The highest BCUT2D eigenvalue weighted by Gasteiger charge is 2.15. The van der Waals surface area contributed by atoms with Crippen LogP contribution in [0.3, 0.4) is 0 Å². The fraction of sp³-hybridized carbons (Fsp3) is 0.158. The molecule has 1 atom stereocenters. The molecule has 0 fully saturated rings. The topological polar surface area (TPSA) is 104 Å². The molecule has 1 amide bonds. The summed E-state index contributed by atoms with van der Waals surface area (Å²) < 4.78 is 0.831. The Morgan fingerprint density at radius 2 is 1.78 bits per heavy atom. The number of carboxylic acids is 1. The van der Waals surface area contributed by atoms with Crippen LogP contribution in [0.25, 0.3) is 10.8 Å². The first-order chi connectivity index (χ1) is 12.9. The molecule has 0 aliphatic rings. The highest BCUT2D eigenvalue weighted by molar-refractivity contribution is 6.30. The zero-order valence-corrected chi connectivity index (χ0v) is 15.1. The summed E-state index contributed by atoms with van der Waals surface area (Å²) in [5.41, 5.74) is -0.101. The normalized spacial score (nSPS) is 11.9. The van der Waals surface area contributed by atoms with Crippen molar-refractivity contribution in [1.29, 1.82) is 0 Å². The molecule has 0 unspecified atom stereocenters. The van der Waals surface area contributed by atoms with E-state index in [1.807, 2.05) is 0 Å². The Morgan fingerprint density at radius 1 is 1.15 bits per heavy atom. The number of halogens is 1. The number of amides is 1. The number of benzene rings is 2. The van der Waals surface area contributed by atoms with E-state index in [1.165, 1.54) is 12.1 Å². The second-order valence-electron chi connectivity index (χ2n) is 5.99. The molecule has 0 aliphatic heterocycles. The third-order valence-electron chi connectivity index (χ3n) is 4.10. The molecule has 27 heavy (non-hydrogen) atoms. The van der Waals surface area contributed by atoms with Gasteiger partial charge < -0.3 is 15.2 Å². The van der Waals surface area contributed by atoms with Gasteiger partial charge >= 0.3 is 0 Å². The van der Waals surface area contributed by atoms with E-state index in [9.17, 15) is 19.5 Å². The van der Waals surface area contributed by atoms with E-state index in [0.717, 1.165) is 10.2 Å². The lowest BCUT2D eigenvalue weighted by Crippen LogP contribution is -2.37. The Kier molecular flexibility index (Phi) is 5.23. The quantitative estimate of drug-likeness (QED) is 0.713. The van der Waals surface area contributed by atoms with Crippen molar-refractivity contribution in [3.63, 3.8) is 0 Å². The van der Waals surface area contributed by atoms with Crippen LogP contribution in [-0.2, 0) is 11.3 Å². The number of fused-ring (bicyclic) bond motifs is 1. The molecule has 0 spiro atoms. The largest absolute Gasteiger partial charge is 0.543 e. The number of nitrogens with one attached hydrogen (secondary N) is 1. The summed E-state index contributed by atoms with van der Waals surface area (Å²) in [5, 5.41) is 18.8. The maximum absolute atomic E-state index is 12.5. The fourth-order valence-electron chi connectivity index (χ4n) is 2.75. The minimum atomic E-state index is -1.52. The van der Waals surface area contributed by atoms with Crippen molar-refractivity contribution in [2.45, 2.75) is 19.5 Å². The third-order valence-corrected chi connectivity index (χ3v) is 4.35. The van der Waals surface area contributed by atoms with Gasteiger partial charge in [0, 0.05) is 10.4 Å². The van der Waals surface area contributed by atoms with Crippen LogP contribution in [0.15, 0.2) is 53.3 Å². The highest BCUT2D eigenvalue weighted by Crippen LogP contribution is 2.16. The highest BCUT2D eigenvalue weighted by atomic mass is 35.5. The second-order valence-corrected chi connectivity index (χ2v) is 6.42. The fourth-order valence-corrected chi connectivity index (χ4v) is 2.88. The first-order valence-corrected chi connectivity index (χ1v) is 8.50. The zero-order chi connectivity index (χ0) is 19.6. The monoisotopic (exact) mass is 384 g/mol. The van der Waals surface area contributed by atoms with Crippen LogP contribution in [0.4, 0.5) is 0 Å². The second kappa shape index (κ2) is 7.59. The lowest BCUT2D eigenvalue weighted by Gasteiger charge is -2.16. The SMILES string of the molecule is C[C@H](NC(=O)Cn1nc(C(=O)[O-])c2ccccc2c1=O)c1ccc(Cl)cc1. The molecule has 138 valence electrons. The number of nitrogens with zero attached hydrogens (tertiary/aromatic N) is 2. The standard InChI is InChI=1S/C19H16ClN3O4/c1-11(12-6-8-13(20)9-7-12)21-16(24)10-23-18(25)15-5-3-2-4-14(15)17(22-23)19(26)27/h2-9,11H,10H2,1H3,(H,21,24)(H,26,27)/p-1/t11-/m0/s1. The van der Waals surface area contributed by atoms with Gasteiger partial charge in [0.25, 0.3) is 5.56 Å². The van der Waals surface area contributed by atoms with Crippen molar-refractivity contribution in [2.75, 3.05) is 0 Å². The van der Waals surface area contributed by atoms with Crippen LogP contribution in [0, 0.1) is 0 Å². The lowest BCUT2D eigenvalue weighted by atomic mass is 10.1. The lowest BCUT2D eigenvalue weighted by molar-refractivity contribution is -0.255. The zero-order valence-electron chi connectivity index (χ0n) is 14.3. The van der Waals surface area contributed by atoms with E-state index in [2.05, 4.69) is 10.4 Å². The van der Waals surface area contributed by atoms with Gasteiger partial charge in [0.05, 0.1) is 17.4 Å². The van der Waals surface area contributed by atoms with E-state index >= 15 is 0 Å². The number of aromatic carboxylic acids is 1. The summed E-state index contributed by atoms with van der Waals surface area (Å²) >= 11 is 5.85. The van der Waals surface area contributed by atoms with Crippen molar-refractivity contribution in [3.05, 3.63) is 75.2 Å². The van der Waals surface area contributed by atoms with Crippen molar-refractivity contribution in [3.8, 4) is 0 Å². The molecule has 1 heterocycles. The Labute approximate surface area is 159 Å². The van der Waals surface area contributed by atoms with E-state index in [0.29, 0.717) is 5.02 Å². The molecule has 8 heteroatoms. The Bertz CT molecular complexity index is 1080. The summed E-state index contributed by atoms with van der Waals surface area (Å²) in [6.07, 6.45) is 0. The molecule has 3 aromatic rings. The molecule has 3 rings (SSSR count). The molecule has 0 saturated heterocycles. The summed E-state index contributed by atoms with van der Waals surface area (Å²) in [5.74, 6) is -2.00. The van der Waals surface area contributed by atoms with Crippen LogP contribution in [0.5, 0.6) is 0 Å². The predicted octanol–water partition coefficient (Wildman–Crippen LogP) is 1.29. The number of carboxylic acid groups (broad SMARTS) is 1. The van der Waals surface area contributed by atoms with Gasteiger partial charge in [-0.3, -0.25) is 9.59 Å². The molecule has 0 bridgehead atoms. The summed E-state index contributed by atoms with van der Waals surface area (Å²) in [4.78, 5) is 36.2. The number of rotatable bonds is 5. The van der Waals surface area contributed by atoms with Crippen LogP contribution >= 0.6 is 11.6 Å². The van der Waals surface area contributed by atoms with Crippen molar-refractivity contribution in [1.82, 2.24) is 15.1 Å². The van der Waals surface area contributed by atoms with E-state index < -0.39 is 24.0 Å². The van der Waals surface area contributed by atoms with Gasteiger partial charge in [-0.25, -0.2) is 4.68 Å². The van der Waals surface area contributed by atoms with Crippen LogP contribution in [-0.4, -0.2) is 21.7 Å². The molecule has 7 nitrogen and oxygen atoms in total.